The molecule has 12 aromatic rings. The molecule has 0 N–H and O–H groups in total. The Hall–Kier alpha value is -7.83. The number of hydrogen-bond donors (Lipinski definition) is 0. The van der Waals surface area contributed by atoms with Crippen LogP contribution in [0.4, 0.5) is 0 Å². The van der Waals surface area contributed by atoms with Crippen LogP contribution in [0.25, 0.3) is 117 Å². The summed E-state index contributed by atoms with van der Waals surface area (Å²) in [4.78, 5) is 15.5. The molecule has 0 spiro atoms. The van der Waals surface area contributed by atoms with Gasteiger partial charge in [0, 0.05) is 38.1 Å². The molecule has 4 aromatic heterocycles. The van der Waals surface area contributed by atoms with Gasteiger partial charge in [-0.05, 0) is 64.7 Å². The van der Waals surface area contributed by atoms with E-state index >= 15 is 0 Å². The summed E-state index contributed by atoms with van der Waals surface area (Å²) in [6.45, 7) is 0. The van der Waals surface area contributed by atoms with Gasteiger partial charge in [0.2, 0.25) is 5.95 Å². The number of hydrogen-bond acceptors (Lipinski definition) is 5. The number of fused-ring (bicyclic) bond motifs is 10. The maximum atomic E-state index is 6.80. The van der Waals surface area contributed by atoms with Gasteiger partial charge in [0.25, 0.3) is 0 Å². The summed E-state index contributed by atoms with van der Waals surface area (Å²) in [6, 6.07) is 62.5. The van der Waals surface area contributed by atoms with E-state index in [0.29, 0.717) is 17.6 Å². The molecule has 0 aliphatic carbocycles. The number of aromatic nitrogens is 4. The first-order chi connectivity index (χ1) is 28.3. The van der Waals surface area contributed by atoms with Crippen molar-refractivity contribution in [2.75, 3.05) is 0 Å². The minimum Gasteiger partial charge on any atom is -0.456 e. The van der Waals surface area contributed by atoms with Crippen LogP contribution in [0.2, 0.25) is 0 Å². The normalized spacial score (nSPS) is 11.9. The van der Waals surface area contributed by atoms with Gasteiger partial charge in [-0.15, -0.1) is 0 Å². The Morgan fingerprint density at radius 3 is 1.63 bits per heavy atom. The zero-order chi connectivity index (χ0) is 37.5. The number of nitrogens with zero attached hydrogens (tertiary/aromatic N) is 4. The van der Waals surface area contributed by atoms with Crippen LogP contribution in [-0.4, -0.2) is 19.5 Å². The lowest BCUT2D eigenvalue weighted by Gasteiger charge is -2.11. The Morgan fingerprint density at radius 1 is 0.351 bits per heavy atom. The van der Waals surface area contributed by atoms with Crippen molar-refractivity contribution in [3.63, 3.8) is 0 Å². The zero-order valence-electron chi connectivity index (χ0n) is 30.4. The van der Waals surface area contributed by atoms with Crippen LogP contribution < -0.4 is 0 Å². The van der Waals surface area contributed by atoms with Gasteiger partial charge in [-0.3, -0.25) is 4.57 Å². The summed E-state index contributed by atoms with van der Waals surface area (Å²) in [7, 11) is 0. The smallest absolute Gasteiger partial charge is 0.238 e. The first kappa shape index (κ1) is 31.5. The van der Waals surface area contributed by atoms with Gasteiger partial charge in [0.15, 0.2) is 11.6 Å². The summed E-state index contributed by atoms with van der Waals surface area (Å²) in [6.07, 6.45) is 0. The van der Waals surface area contributed by atoms with Crippen molar-refractivity contribution >= 4 is 65.7 Å². The molecule has 57 heavy (non-hydrogen) atoms. The number of benzene rings is 8. The molecule has 0 aliphatic rings. The maximum absolute atomic E-state index is 6.80. The highest BCUT2D eigenvalue weighted by Crippen LogP contribution is 2.44. The second kappa shape index (κ2) is 12.3. The summed E-state index contributed by atoms with van der Waals surface area (Å²) < 4.78 is 15.5. The van der Waals surface area contributed by atoms with Gasteiger partial charge in [-0.2, -0.15) is 9.97 Å². The molecule has 0 saturated carbocycles. The fraction of sp³-hybridized carbons (Fsp3) is 0. The van der Waals surface area contributed by atoms with Crippen LogP contribution in [0.3, 0.4) is 0 Å². The topological polar surface area (TPSA) is 69.9 Å². The Labute approximate surface area is 325 Å². The average Bonchev–Trinajstić information content (AvgIpc) is 3.96. The molecule has 0 aliphatic heterocycles. The number of furan rings is 2. The molecule has 12 rings (SSSR count). The molecule has 6 heteroatoms. The van der Waals surface area contributed by atoms with Gasteiger partial charge in [-0.25, -0.2) is 4.98 Å². The third kappa shape index (κ3) is 4.87. The van der Waals surface area contributed by atoms with Gasteiger partial charge >= 0.3 is 0 Å². The Kier molecular flexibility index (Phi) is 6.83. The molecule has 4 heterocycles. The van der Waals surface area contributed by atoms with E-state index in [1.165, 1.54) is 0 Å². The first-order valence-corrected chi connectivity index (χ1v) is 19.0. The van der Waals surface area contributed by atoms with Crippen molar-refractivity contribution in [3.8, 4) is 51.0 Å². The lowest BCUT2D eigenvalue weighted by atomic mass is 9.99. The molecule has 0 radical (unpaired) electrons. The third-order valence-electron chi connectivity index (χ3n) is 11.1. The Balaban J connectivity index is 1.09. The molecule has 0 fully saturated rings. The maximum Gasteiger partial charge on any atom is 0.238 e. The SMILES string of the molecule is c1ccc(-c2nc(-c3ccc4c(c3)oc3cccc(-c5ccccc5)c34)nc(-n3c4ccccc4c4c5oc6cccc(-c7ccccc7)c6c5ccc43)n2)cc1. The van der Waals surface area contributed by atoms with Crippen LogP contribution >= 0.6 is 0 Å². The first-order valence-electron chi connectivity index (χ1n) is 19.0. The summed E-state index contributed by atoms with van der Waals surface area (Å²) in [5, 5.41) is 6.36. The molecule has 0 saturated heterocycles. The molecule has 0 unspecified atom stereocenters. The van der Waals surface area contributed by atoms with Crippen molar-refractivity contribution in [2.24, 2.45) is 0 Å². The van der Waals surface area contributed by atoms with Crippen molar-refractivity contribution < 1.29 is 8.83 Å². The van der Waals surface area contributed by atoms with Crippen molar-refractivity contribution in [3.05, 3.63) is 182 Å². The number of rotatable bonds is 5. The predicted molar refractivity (Wildman–Crippen MR) is 230 cm³/mol. The van der Waals surface area contributed by atoms with E-state index in [0.717, 1.165) is 99.1 Å². The van der Waals surface area contributed by atoms with E-state index in [1.54, 1.807) is 0 Å². The number of para-hydroxylation sites is 1. The van der Waals surface area contributed by atoms with E-state index in [9.17, 15) is 0 Å². The third-order valence-corrected chi connectivity index (χ3v) is 11.1. The van der Waals surface area contributed by atoms with Gasteiger partial charge < -0.3 is 8.83 Å². The highest BCUT2D eigenvalue weighted by molar-refractivity contribution is 6.25. The second-order valence-electron chi connectivity index (χ2n) is 14.3. The minimum atomic E-state index is 0.515. The lowest BCUT2D eigenvalue weighted by Crippen LogP contribution is -2.06. The van der Waals surface area contributed by atoms with Gasteiger partial charge in [0.1, 0.15) is 22.3 Å². The van der Waals surface area contributed by atoms with Gasteiger partial charge in [-0.1, -0.05) is 140 Å². The summed E-state index contributed by atoms with van der Waals surface area (Å²) in [5.41, 5.74) is 11.5. The molecule has 0 bridgehead atoms. The Morgan fingerprint density at radius 2 is 0.930 bits per heavy atom. The average molecular weight is 731 g/mol. The van der Waals surface area contributed by atoms with E-state index in [4.69, 9.17) is 23.8 Å². The molecule has 0 atom stereocenters. The van der Waals surface area contributed by atoms with Crippen molar-refractivity contribution in [2.45, 2.75) is 0 Å². The molecule has 266 valence electrons. The van der Waals surface area contributed by atoms with Crippen LogP contribution in [0.5, 0.6) is 0 Å². The largest absolute Gasteiger partial charge is 0.456 e. The minimum absolute atomic E-state index is 0.515. The molecular formula is C51H30N4O2. The molecule has 8 aromatic carbocycles. The molecular weight excluding hydrogens is 701 g/mol. The standard InChI is InChI=1S/C51H30N4O2/c1-4-14-31(15-5-1)35-21-12-24-42-45(35)38-27-26-34(30-44(38)56-42)50-52-49(33-18-8-3-9-19-33)53-51(54-50)55-40-23-11-10-20-37(40)47-41(55)29-28-39-46-36(32-16-6-2-7-17-32)22-13-25-43(46)57-48(39)47/h1-30H. The van der Waals surface area contributed by atoms with Crippen molar-refractivity contribution in [1.82, 2.24) is 19.5 Å². The highest BCUT2D eigenvalue weighted by atomic mass is 16.3. The van der Waals surface area contributed by atoms with Crippen molar-refractivity contribution in [1.29, 1.82) is 0 Å². The fourth-order valence-electron chi connectivity index (χ4n) is 8.54. The lowest BCUT2D eigenvalue weighted by molar-refractivity contribution is 0.669. The Bertz CT molecular complexity index is 3510. The highest BCUT2D eigenvalue weighted by Gasteiger charge is 2.23. The summed E-state index contributed by atoms with van der Waals surface area (Å²) >= 11 is 0. The van der Waals surface area contributed by atoms with Gasteiger partial charge in [0.05, 0.1) is 16.4 Å². The van der Waals surface area contributed by atoms with Crippen LogP contribution in [0.1, 0.15) is 0 Å². The quantitative estimate of drug-likeness (QED) is 0.176. The zero-order valence-corrected chi connectivity index (χ0v) is 30.4. The van der Waals surface area contributed by atoms with E-state index in [-0.39, 0.29) is 0 Å². The van der Waals surface area contributed by atoms with Crippen LogP contribution in [-0.2, 0) is 0 Å². The predicted octanol–water partition coefficient (Wildman–Crippen LogP) is 13.4. The van der Waals surface area contributed by atoms with E-state index in [2.05, 4.69) is 126 Å². The van der Waals surface area contributed by atoms with Crippen LogP contribution in [0.15, 0.2) is 191 Å². The molecule has 0 amide bonds. The second-order valence-corrected chi connectivity index (χ2v) is 14.3. The summed E-state index contributed by atoms with van der Waals surface area (Å²) in [5.74, 6) is 1.64. The van der Waals surface area contributed by atoms with Crippen LogP contribution in [0, 0.1) is 0 Å². The van der Waals surface area contributed by atoms with E-state index < -0.39 is 0 Å². The van der Waals surface area contributed by atoms with E-state index in [1.807, 2.05) is 60.7 Å². The monoisotopic (exact) mass is 730 g/mol. The molecule has 6 nitrogen and oxygen atoms in total. The fourth-order valence-corrected chi connectivity index (χ4v) is 8.54.